The number of rotatable bonds is 6. The summed E-state index contributed by atoms with van der Waals surface area (Å²) in [4.78, 5) is 19.8. The van der Waals surface area contributed by atoms with E-state index >= 15 is 0 Å². The minimum Gasteiger partial charge on any atom is -0.628 e. The molecule has 4 atom stereocenters. The van der Waals surface area contributed by atoms with E-state index in [1.807, 2.05) is 18.8 Å². The first-order valence-electron chi connectivity index (χ1n) is 3.91. The predicted molar refractivity (Wildman–Crippen MR) is 68.9 cm³/mol. The van der Waals surface area contributed by atoms with Crippen LogP contribution in [0.2, 0.25) is 0 Å². The molecule has 0 heterocycles. The van der Waals surface area contributed by atoms with Gasteiger partial charge in [-0.2, -0.15) is 0 Å². The maximum absolute atomic E-state index is 9.89. The maximum Gasteiger partial charge on any atom is 2.00 e. The number of aliphatic hydroxyl groups is 2. The number of hydrogen-bond donors (Lipinski definition) is 4. The summed E-state index contributed by atoms with van der Waals surface area (Å²) in [6.07, 6.45) is 0. The fourth-order valence-electron chi connectivity index (χ4n) is 0.378. The number of carbonyl (C=O) groups is 2. The van der Waals surface area contributed by atoms with E-state index in [0.29, 0.717) is 0 Å². The summed E-state index contributed by atoms with van der Waals surface area (Å²) in [7, 11) is 3.78. The zero-order chi connectivity index (χ0) is 13.1. The molecule has 0 bridgehead atoms. The van der Waals surface area contributed by atoms with Crippen LogP contribution >= 0.6 is 18.8 Å². The summed E-state index contributed by atoms with van der Waals surface area (Å²) in [6.45, 7) is -0.891. The van der Waals surface area contributed by atoms with Crippen LogP contribution < -0.4 is 0 Å². The molecule has 0 spiro atoms. The molecule has 96 valence electrons. The summed E-state index contributed by atoms with van der Waals surface area (Å²) < 4.78 is 0. The van der Waals surface area contributed by atoms with E-state index in [1.54, 1.807) is 0 Å². The van der Waals surface area contributed by atoms with Crippen LogP contribution in [0.1, 0.15) is 0 Å². The third-order valence-corrected chi connectivity index (χ3v) is 2.00. The van der Waals surface area contributed by atoms with E-state index in [0.717, 1.165) is 0 Å². The Morgan fingerprint density at radius 1 is 0.941 bits per heavy atom. The summed E-state index contributed by atoms with van der Waals surface area (Å²) in [5.41, 5.74) is 0. The molecule has 8 nitrogen and oxygen atoms in total. The van der Waals surface area contributed by atoms with Crippen molar-refractivity contribution in [3.8, 4) is 0 Å². The number of aliphatic hydroxyl groups excluding tert-OH is 2. The molecule has 0 aromatic carbocycles. The Balaban J connectivity index is -0.000000218. The molecule has 0 aromatic rings. The smallest absolute Gasteiger partial charge is 0.628 e. The van der Waals surface area contributed by atoms with Crippen molar-refractivity contribution in [3.63, 3.8) is 0 Å². The summed E-state index contributed by atoms with van der Waals surface area (Å²) in [6, 6.07) is -1.97. The van der Waals surface area contributed by atoms with Gasteiger partial charge in [0.05, 0.1) is 0 Å². The van der Waals surface area contributed by atoms with Gasteiger partial charge in [-0.3, -0.25) is 28.4 Å². The molecule has 0 aliphatic carbocycles. The van der Waals surface area contributed by atoms with Gasteiger partial charge in [-0.05, 0) is 12.1 Å². The van der Waals surface area contributed by atoms with Crippen molar-refractivity contribution in [3.05, 3.63) is 10.2 Å². The van der Waals surface area contributed by atoms with Crippen LogP contribution in [0.4, 0.5) is 0 Å². The molecule has 0 saturated heterocycles. The molecule has 0 aromatic heterocycles. The summed E-state index contributed by atoms with van der Waals surface area (Å²) in [5.74, 6) is -2.22. The minimum absolute atomic E-state index is 0. The third-order valence-electron chi connectivity index (χ3n) is 1.28. The van der Waals surface area contributed by atoms with Gasteiger partial charge in [0.2, 0.25) is 0 Å². The van der Waals surface area contributed by atoms with Gasteiger partial charge in [0.1, 0.15) is 0 Å². The van der Waals surface area contributed by atoms with Crippen LogP contribution in [0.3, 0.4) is 0 Å². The molecule has 0 aliphatic heterocycles. The van der Waals surface area contributed by atoms with E-state index in [1.165, 1.54) is 0 Å². The molecule has 17 heavy (non-hydrogen) atoms. The molecule has 0 radical (unpaired) electrons. The quantitative estimate of drug-likeness (QED) is 0.359. The molecule has 0 amide bonds. The maximum atomic E-state index is 9.89. The molecule has 0 saturated carbocycles. The minimum atomic E-state index is -1.11. The Morgan fingerprint density at radius 3 is 1.18 bits per heavy atom. The van der Waals surface area contributed by atoms with Gasteiger partial charge < -0.3 is 30.6 Å². The standard InChI is InChI=1S/2C3H7NO3P.Ca/c2*5-1-2(4-8)3(6)7;/h2*2,5H,1,8H2,(H,6,7);/q2*-1;+2/t2*2-;/m00./s1. The number of aliphatic carboxylic acids is 2. The van der Waals surface area contributed by atoms with E-state index in [-0.39, 0.29) is 37.7 Å². The summed E-state index contributed by atoms with van der Waals surface area (Å²) in [5, 5.41) is 39.2. The Morgan fingerprint density at radius 2 is 1.18 bits per heavy atom. The average molecular weight is 312 g/mol. The number of nitrogens with zero attached hydrogens (tertiary/aromatic N) is 2. The first-order valence-corrected chi connectivity index (χ1v) is 4.95. The van der Waals surface area contributed by atoms with Crippen molar-refractivity contribution in [1.29, 1.82) is 0 Å². The largest absolute Gasteiger partial charge is 2.00 e. The van der Waals surface area contributed by atoms with Gasteiger partial charge in [0, 0.05) is 13.2 Å². The SMILES string of the molecule is O=C(O)[C@H](CO)[N-]P.O=C(O)[C@H](CO)[N-]P.[Ca+2]. The second kappa shape index (κ2) is 15.0. The second-order valence-electron chi connectivity index (χ2n) is 2.37. The predicted octanol–water partition coefficient (Wildman–Crippen LogP) is -1.19. The van der Waals surface area contributed by atoms with Crippen molar-refractivity contribution in [2.24, 2.45) is 0 Å². The van der Waals surface area contributed by atoms with Crippen molar-refractivity contribution < 1.29 is 30.0 Å². The first kappa shape index (κ1) is 23.0. The van der Waals surface area contributed by atoms with Crippen LogP contribution in [-0.4, -0.2) is 95.4 Å². The fraction of sp³-hybridized carbons (Fsp3) is 0.667. The van der Waals surface area contributed by atoms with Crippen LogP contribution in [0, 0.1) is 0 Å². The van der Waals surface area contributed by atoms with Gasteiger partial charge in [-0.25, -0.2) is 0 Å². The molecule has 4 N–H and O–H groups in total. The Hall–Kier alpha value is 0.900. The summed E-state index contributed by atoms with van der Waals surface area (Å²) >= 11 is 0. The van der Waals surface area contributed by atoms with Crippen LogP contribution in [0.5, 0.6) is 0 Å². The average Bonchev–Trinajstić information content (AvgIpc) is 2.21. The molecule has 0 fully saturated rings. The molecule has 2 unspecified atom stereocenters. The molecule has 0 rings (SSSR count). The van der Waals surface area contributed by atoms with E-state index < -0.39 is 37.2 Å². The number of hydrogen-bond acceptors (Lipinski definition) is 4. The zero-order valence-electron chi connectivity index (χ0n) is 8.93. The topological polar surface area (TPSA) is 143 Å². The van der Waals surface area contributed by atoms with Gasteiger partial charge in [-0.1, -0.05) is 0 Å². The van der Waals surface area contributed by atoms with Crippen LogP contribution in [0.25, 0.3) is 10.2 Å². The van der Waals surface area contributed by atoms with Gasteiger partial charge in [0.15, 0.2) is 0 Å². The molecular formula is C6H14CaN2O6P2. The second-order valence-corrected chi connectivity index (χ2v) is 2.97. The first-order chi connectivity index (χ1) is 7.44. The Labute approximate surface area is 133 Å². The van der Waals surface area contributed by atoms with E-state index in [9.17, 15) is 9.59 Å². The van der Waals surface area contributed by atoms with Crippen LogP contribution in [0.15, 0.2) is 0 Å². The van der Waals surface area contributed by atoms with Gasteiger partial charge >= 0.3 is 37.7 Å². The number of carboxylic acids is 2. The van der Waals surface area contributed by atoms with Crippen LogP contribution in [-0.2, 0) is 9.59 Å². The van der Waals surface area contributed by atoms with Crippen molar-refractivity contribution in [2.45, 2.75) is 12.1 Å². The van der Waals surface area contributed by atoms with Crippen molar-refractivity contribution in [2.75, 3.05) is 13.2 Å². The molecule has 0 aliphatic rings. The zero-order valence-corrected chi connectivity index (χ0v) is 13.4. The van der Waals surface area contributed by atoms with Crippen molar-refractivity contribution >= 4 is 68.5 Å². The third kappa shape index (κ3) is 13.1. The Kier molecular flexibility index (Phi) is 20.3. The van der Waals surface area contributed by atoms with Gasteiger partial charge in [0.25, 0.3) is 11.9 Å². The molecule has 11 heteroatoms. The Bertz CT molecular complexity index is 193. The fourth-order valence-corrected chi connectivity index (χ4v) is 0.822. The molecular weight excluding hydrogens is 298 g/mol. The van der Waals surface area contributed by atoms with E-state index in [4.69, 9.17) is 20.4 Å². The van der Waals surface area contributed by atoms with Crippen molar-refractivity contribution in [1.82, 2.24) is 0 Å². The monoisotopic (exact) mass is 312 g/mol. The normalized spacial score (nSPS) is 12.5. The van der Waals surface area contributed by atoms with Gasteiger partial charge in [-0.15, -0.1) is 0 Å². The van der Waals surface area contributed by atoms with E-state index in [2.05, 4.69) is 10.2 Å². The number of carboxylic acid groups (broad SMARTS) is 2.